The topological polar surface area (TPSA) is 17.3 Å². The molecule has 0 radical (unpaired) electrons. The molecule has 2 aromatic carbocycles. The first kappa shape index (κ1) is 18.0. The van der Waals surface area contributed by atoms with Gasteiger partial charge < -0.3 is 4.57 Å². The van der Waals surface area contributed by atoms with Crippen molar-refractivity contribution in [2.24, 2.45) is 4.99 Å². The van der Waals surface area contributed by atoms with Gasteiger partial charge in [0.1, 0.15) is 0 Å². The van der Waals surface area contributed by atoms with Crippen molar-refractivity contribution in [2.75, 3.05) is 0 Å². The van der Waals surface area contributed by atoms with Crippen LogP contribution in [0.25, 0.3) is 11.3 Å². The maximum atomic E-state index is 6.05. The van der Waals surface area contributed by atoms with Gasteiger partial charge in [0.2, 0.25) is 0 Å². The van der Waals surface area contributed by atoms with Crippen LogP contribution in [0.5, 0.6) is 0 Å². The first-order valence-electron chi connectivity index (χ1n) is 8.82. The first-order valence-corrected chi connectivity index (χ1v) is 10.1. The highest BCUT2D eigenvalue weighted by molar-refractivity contribution is 7.07. The van der Waals surface area contributed by atoms with Gasteiger partial charge in [-0.15, -0.1) is 11.3 Å². The molecule has 0 N–H and O–H groups in total. The predicted molar refractivity (Wildman–Crippen MR) is 109 cm³/mol. The van der Waals surface area contributed by atoms with Gasteiger partial charge in [-0.25, -0.2) is 4.99 Å². The smallest absolute Gasteiger partial charge is 0.190 e. The van der Waals surface area contributed by atoms with E-state index in [1.807, 2.05) is 42.5 Å². The Bertz CT molecular complexity index is 848. The highest BCUT2D eigenvalue weighted by Gasteiger charge is 2.08. The van der Waals surface area contributed by atoms with Gasteiger partial charge in [-0.3, -0.25) is 0 Å². The Kier molecular flexibility index (Phi) is 6.48. The molecule has 25 heavy (non-hydrogen) atoms. The second kappa shape index (κ2) is 9.02. The van der Waals surface area contributed by atoms with Crippen molar-refractivity contribution in [3.8, 4) is 11.3 Å². The molecule has 130 valence electrons. The minimum Gasteiger partial charge on any atom is -0.316 e. The Morgan fingerprint density at radius 3 is 2.44 bits per heavy atom. The van der Waals surface area contributed by atoms with Crippen molar-refractivity contribution in [3.05, 3.63) is 69.8 Å². The summed E-state index contributed by atoms with van der Waals surface area (Å²) in [6, 6.07) is 18.2. The van der Waals surface area contributed by atoms with E-state index in [0.29, 0.717) is 0 Å². The summed E-state index contributed by atoms with van der Waals surface area (Å²) in [5.41, 5.74) is 3.40. The Morgan fingerprint density at radius 2 is 1.72 bits per heavy atom. The molecule has 0 aliphatic carbocycles. The van der Waals surface area contributed by atoms with E-state index in [1.54, 1.807) is 11.3 Å². The molecule has 4 heteroatoms. The number of rotatable bonds is 7. The number of unbranched alkanes of at least 4 members (excludes halogenated alkanes) is 3. The Morgan fingerprint density at radius 1 is 0.960 bits per heavy atom. The third-order valence-corrected chi connectivity index (χ3v) is 5.27. The van der Waals surface area contributed by atoms with E-state index in [1.165, 1.54) is 36.9 Å². The minimum atomic E-state index is 0.766. The van der Waals surface area contributed by atoms with Crippen LogP contribution in [0.4, 0.5) is 5.69 Å². The number of benzene rings is 2. The van der Waals surface area contributed by atoms with Crippen LogP contribution in [0.3, 0.4) is 0 Å². The van der Waals surface area contributed by atoms with E-state index in [-0.39, 0.29) is 0 Å². The van der Waals surface area contributed by atoms with Gasteiger partial charge in [-0.05, 0) is 36.2 Å². The van der Waals surface area contributed by atoms with Crippen LogP contribution in [0, 0.1) is 0 Å². The van der Waals surface area contributed by atoms with E-state index in [0.717, 1.165) is 22.1 Å². The first-order chi connectivity index (χ1) is 12.3. The summed E-state index contributed by atoms with van der Waals surface area (Å²) in [6.07, 6.45) is 4.96. The highest BCUT2D eigenvalue weighted by Crippen LogP contribution is 2.23. The zero-order valence-electron chi connectivity index (χ0n) is 14.5. The summed E-state index contributed by atoms with van der Waals surface area (Å²) in [5.74, 6) is 0. The molecule has 1 heterocycles. The Hall–Kier alpha value is -1.84. The van der Waals surface area contributed by atoms with Crippen LogP contribution in [0.1, 0.15) is 32.6 Å². The average Bonchev–Trinajstić information content (AvgIpc) is 3.03. The molecular formula is C21H23ClN2S. The van der Waals surface area contributed by atoms with Crippen molar-refractivity contribution >= 4 is 28.6 Å². The van der Waals surface area contributed by atoms with Crippen LogP contribution in [0.15, 0.2) is 65.0 Å². The van der Waals surface area contributed by atoms with Crippen LogP contribution in [0.2, 0.25) is 5.02 Å². The van der Waals surface area contributed by atoms with Crippen molar-refractivity contribution in [3.63, 3.8) is 0 Å². The third kappa shape index (κ3) is 4.83. The minimum absolute atomic E-state index is 0.766. The van der Waals surface area contributed by atoms with Crippen LogP contribution >= 0.6 is 22.9 Å². The maximum absolute atomic E-state index is 6.05. The van der Waals surface area contributed by atoms with Crippen LogP contribution in [-0.2, 0) is 6.54 Å². The highest BCUT2D eigenvalue weighted by atomic mass is 35.5. The number of aromatic nitrogens is 1. The quantitative estimate of drug-likeness (QED) is 0.412. The van der Waals surface area contributed by atoms with E-state index in [2.05, 4.69) is 29.0 Å². The van der Waals surface area contributed by atoms with Crippen molar-refractivity contribution < 1.29 is 0 Å². The lowest BCUT2D eigenvalue weighted by Crippen LogP contribution is -2.16. The fraction of sp³-hybridized carbons (Fsp3) is 0.286. The van der Waals surface area contributed by atoms with Gasteiger partial charge >= 0.3 is 0 Å². The van der Waals surface area contributed by atoms with E-state index in [4.69, 9.17) is 16.6 Å². The van der Waals surface area contributed by atoms with Gasteiger partial charge in [0.25, 0.3) is 0 Å². The fourth-order valence-electron chi connectivity index (χ4n) is 2.80. The number of thiazole rings is 1. The lowest BCUT2D eigenvalue weighted by molar-refractivity contribution is 0.577. The van der Waals surface area contributed by atoms with Crippen LogP contribution < -0.4 is 4.80 Å². The molecule has 0 saturated carbocycles. The van der Waals surface area contributed by atoms with E-state index in [9.17, 15) is 0 Å². The zero-order chi connectivity index (χ0) is 17.5. The zero-order valence-corrected chi connectivity index (χ0v) is 16.1. The molecule has 0 amide bonds. The molecule has 3 rings (SSSR count). The molecule has 0 spiro atoms. The molecule has 0 atom stereocenters. The molecule has 3 aromatic rings. The fourth-order valence-corrected chi connectivity index (χ4v) is 3.88. The van der Waals surface area contributed by atoms with Gasteiger partial charge in [-0.1, -0.05) is 68.1 Å². The Labute approximate surface area is 158 Å². The van der Waals surface area contributed by atoms with Crippen molar-refractivity contribution in [1.29, 1.82) is 0 Å². The predicted octanol–water partition coefficient (Wildman–Crippen LogP) is 6.68. The van der Waals surface area contributed by atoms with Gasteiger partial charge in [0, 0.05) is 16.9 Å². The van der Waals surface area contributed by atoms with E-state index < -0.39 is 0 Å². The second-order valence-electron chi connectivity index (χ2n) is 6.07. The van der Waals surface area contributed by atoms with Crippen molar-refractivity contribution in [2.45, 2.75) is 39.2 Å². The summed E-state index contributed by atoms with van der Waals surface area (Å²) in [7, 11) is 0. The lowest BCUT2D eigenvalue weighted by Gasteiger charge is -2.09. The number of halogens is 1. The van der Waals surface area contributed by atoms with Crippen molar-refractivity contribution in [1.82, 2.24) is 4.57 Å². The van der Waals surface area contributed by atoms with Crippen LogP contribution in [-0.4, -0.2) is 4.57 Å². The monoisotopic (exact) mass is 370 g/mol. The summed E-state index contributed by atoms with van der Waals surface area (Å²) in [6.45, 7) is 3.24. The summed E-state index contributed by atoms with van der Waals surface area (Å²) in [5, 5.41) is 2.97. The molecule has 0 unspecified atom stereocenters. The number of hydrogen-bond donors (Lipinski definition) is 0. The van der Waals surface area contributed by atoms with Gasteiger partial charge in [-0.2, -0.15) is 0 Å². The van der Waals surface area contributed by atoms with Gasteiger partial charge in [0.15, 0.2) is 4.80 Å². The molecule has 0 saturated heterocycles. The maximum Gasteiger partial charge on any atom is 0.190 e. The SMILES string of the molecule is CCCCCCn1c(-c2ccc(Cl)cc2)csc1=Nc1ccccc1. The molecule has 0 aliphatic rings. The Balaban J connectivity index is 1.97. The summed E-state index contributed by atoms with van der Waals surface area (Å²) in [4.78, 5) is 5.91. The largest absolute Gasteiger partial charge is 0.316 e. The summed E-state index contributed by atoms with van der Waals surface area (Å²) >= 11 is 7.74. The lowest BCUT2D eigenvalue weighted by atomic mass is 10.1. The third-order valence-electron chi connectivity index (χ3n) is 4.15. The number of para-hydroxylation sites is 1. The molecular weight excluding hydrogens is 348 g/mol. The number of nitrogens with zero attached hydrogens (tertiary/aromatic N) is 2. The normalized spacial score (nSPS) is 11.8. The summed E-state index contributed by atoms with van der Waals surface area (Å²) < 4.78 is 2.34. The van der Waals surface area contributed by atoms with Gasteiger partial charge in [0.05, 0.1) is 11.4 Å². The standard InChI is InChI=1S/C21H23ClN2S/c1-2-3-4-8-15-24-20(17-11-13-18(22)14-12-17)16-25-21(24)23-19-9-6-5-7-10-19/h5-7,9-14,16H,2-4,8,15H2,1H3. The average molecular weight is 371 g/mol. The second-order valence-corrected chi connectivity index (χ2v) is 7.34. The molecule has 0 aliphatic heterocycles. The molecule has 0 fully saturated rings. The molecule has 2 nitrogen and oxygen atoms in total. The molecule has 1 aromatic heterocycles. The molecule has 0 bridgehead atoms. The van der Waals surface area contributed by atoms with E-state index >= 15 is 0 Å². The number of hydrogen-bond acceptors (Lipinski definition) is 2.